The molecule has 0 fully saturated rings. The highest BCUT2D eigenvalue weighted by Crippen LogP contribution is 2.30. The third-order valence-corrected chi connectivity index (χ3v) is 7.17. The summed E-state index contributed by atoms with van der Waals surface area (Å²) in [5.74, 6) is -0.160. The predicted molar refractivity (Wildman–Crippen MR) is 108 cm³/mol. The van der Waals surface area contributed by atoms with Crippen LogP contribution in [0.1, 0.15) is 5.56 Å². The van der Waals surface area contributed by atoms with Crippen molar-refractivity contribution in [1.82, 2.24) is 4.31 Å². The molecule has 0 bridgehead atoms. The van der Waals surface area contributed by atoms with Gasteiger partial charge in [-0.25, -0.2) is 12.7 Å². The van der Waals surface area contributed by atoms with Crippen molar-refractivity contribution in [3.05, 3.63) is 52.0 Å². The molecule has 0 aliphatic carbocycles. The number of rotatable bonds is 6. The van der Waals surface area contributed by atoms with Gasteiger partial charge >= 0.3 is 0 Å². The van der Waals surface area contributed by atoms with E-state index in [0.29, 0.717) is 26.2 Å². The van der Waals surface area contributed by atoms with Gasteiger partial charge in [0.15, 0.2) is 0 Å². The number of thioether (sulfide) groups is 1. The monoisotopic (exact) mass is 432 g/mol. The number of amides is 1. The molecule has 1 N–H and O–H groups in total. The molecule has 1 amide bonds. The summed E-state index contributed by atoms with van der Waals surface area (Å²) < 4.78 is 25.8. The third-order valence-electron chi connectivity index (χ3n) is 3.48. The second-order valence-corrected chi connectivity index (χ2v) is 9.66. The lowest BCUT2D eigenvalue weighted by Gasteiger charge is -2.15. The Hall–Kier alpha value is -1.25. The van der Waals surface area contributed by atoms with Gasteiger partial charge in [0.2, 0.25) is 15.9 Å². The highest BCUT2D eigenvalue weighted by Gasteiger charge is 2.20. The average molecular weight is 433 g/mol. The van der Waals surface area contributed by atoms with Gasteiger partial charge in [-0.3, -0.25) is 4.79 Å². The van der Waals surface area contributed by atoms with Crippen LogP contribution in [0.5, 0.6) is 0 Å². The summed E-state index contributed by atoms with van der Waals surface area (Å²) in [4.78, 5) is 13.1. The van der Waals surface area contributed by atoms with Gasteiger partial charge < -0.3 is 5.32 Å². The van der Waals surface area contributed by atoms with Gasteiger partial charge in [0, 0.05) is 29.7 Å². The fourth-order valence-electron chi connectivity index (χ4n) is 2.08. The van der Waals surface area contributed by atoms with Crippen LogP contribution in [0.3, 0.4) is 0 Å². The van der Waals surface area contributed by atoms with E-state index >= 15 is 0 Å². The first-order valence-corrected chi connectivity index (χ1v) is 10.7. The fourth-order valence-corrected chi connectivity index (χ4v) is 4.52. The van der Waals surface area contributed by atoms with E-state index in [1.807, 2.05) is 0 Å². The molecule has 0 saturated carbocycles. The van der Waals surface area contributed by atoms with Crippen LogP contribution in [-0.4, -0.2) is 38.5 Å². The van der Waals surface area contributed by atoms with Crippen molar-refractivity contribution >= 4 is 56.6 Å². The summed E-state index contributed by atoms with van der Waals surface area (Å²) >= 11 is 13.3. The van der Waals surface area contributed by atoms with Gasteiger partial charge in [-0.2, -0.15) is 0 Å². The van der Waals surface area contributed by atoms with E-state index in [2.05, 4.69) is 5.32 Å². The molecular weight excluding hydrogens is 415 g/mol. The maximum absolute atomic E-state index is 12.4. The summed E-state index contributed by atoms with van der Waals surface area (Å²) in [5, 5.41) is 3.76. The van der Waals surface area contributed by atoms with E-state index in [1.165, 1.54) is 31.9 Å². The Bertz CT molecular complexity index is 932. The van der Waals surface area contributed by atoms with Crippen molar-refractivity contribution in [3.63, 3.8) is 0 Å². The summed E-state index contributed by atoms with van der Waals surface area (Å²) in [5.41, 5.74) is 1.02. The molecule has 0 aliphatic rings. The molecule has 5 nitrogen and oxygen atoms in total. The minimum absolute atomic E-state index is 0.115. The van der Waals surface area contributed by atoms with Gasteiger partial charge in [-0.1, -0.05) is 29.3 Å². The van der Waals surface area contributed by atoms with E-state index in [4.69, 9.17) is 23.2 Å². The number of nitrogens with one attached hydrogen (secondary N) is 1. The average Bonchev–Trinajstić information content (AvgIpc) is 2.57. The lowest BCUT2D eigenvalue weighted by Crippen LogP contribution is -2.23. The van der Waals surface area contributed by atoms with Crippen molar-refractivity contribution in [2.24, 2.45) is 0 Å². The Balaban J connectivity index is 2.11. The lowest BCUT2D eigenvalue weighted by atomic mass is 10.2. The standard InChI is InChI=1S/C17H18Cl2N2O3S2/c1-11-4-6-13(9-16(11)26(23,24)21(2)3)20-17(22)10-25-15-8-12(18)5-7-14(15)19/h4-9H,10H2,1-3H3,(H,20,22). The molecule has 2 rings (SSSR count). The van der Waals surface area contributed by atoms with Crippen LogP contribution in [0.2, 0.25) is 10.0 Å². The van der Waals surface area contributed by atoms with Crippen LogP contribution in [0.4, 0.5) is 5.69 Å². The number of nitrogens with zero attached hydrogens (tertiary/aromatic N) is 1. The smallest absolute Gasteiger partial charge is 0.242 e. The van der Waals surface area contributed by atoms with Crippen molar-refractivity contribution in [2.45, 2.75) is 16.7 Å². The van der Waals surface area contributed by atoms with Gasteiger partial charge in [0.05, 0.1) is 15.7 Å². The molecule has 0 atom stereocenters. The summed E-state index contributed by atoms with van der Waals surface area (Å²) in [6, 6.07) is 9.82. The Labute approximate surface area is 167 Å². The highest BCUT2D eigenvalue weighted by atomic mass is 35.5. The Morgan fingerprint density at radius 1 is 1.15 bits per heavy atom. The normalized spacial score (nSPS) is 11.6. The zero-order valence-corrected chi connectivity index (χ0v) is 17.6. The number of carbonyl (C=O) groups excluding carboxylic acids is 1. The molecule has 140 valence electrons. The molecule has 0 heterocycles. The summed E-state index contributed by atoms with van der Waals surface area (Å²) in [6.07, 6.45) is 0. The number of hydrogen-bond acceptors (Lipinski definition) is 4. The number of aryl methyl sites for hydroxylation is 1. The maximum Gasteiger partial charge on any atom is 0.242 e. The zero-order valence-electron chi connectivity index (χ0n) is 14.4. The zero-order chi connectivity index (χ0) is 19.5. The van der Waals surface area contributed by atoms with E-state index < -0.39 is 10.0 Å². The number of benzene rings is 2. The van der Waals surface area contributed by atoms with Crippen molar-refractivity contribution in [3.8, 4) is 0 Å². The quantitative estimate of drug-likeness (QED) is 0.691. The molecule has 0 spiro atoms. The number of anilines is 1. The van der Waals surface area contributed by atoms with Crippen LogP contribution in [0.15, 0.2) is 46.2 Å². The first-order chi connectivity index (χ1) is 12.1. The molecule has 26 heavy (non-hydrogen) atoms. The first-order valence-electron chi connectivity index (χ1n) is 7.52. The minimum Gasteiger partial charge on any atom is -0.325 e. The molecule has 2 aromatic carbocycles. The van der Waals surface area contributed by atoms with Crippen LogP contribution >= 0.6 is 35.0 Å². The Kier molecular flexibility index (Phi) is 6.99. The molecule has 0 unspecified atom stereocenters. The van der Waals surface area contributed by atoms with Crippen LogP contribution in [-0.2, 0) is 14.8 Å². The highest BCUT2D eigenvalue weighted by molar-refractivity contribution is 8.00. The SMILES string of the molecule is Cc1ccc(NC(=O)CSc2cc(Cl)ccc2Cl)cc1S(=O)(=O)N(C)C. The van der Waals surface area contributed by atoms with E-state index in [0.717, 1.165) is 4.31 Å². The minimum atomic E-state index is -3.59. The number of hydrogen-bond donors (Lipinski definition) is 1. The molecule has 0 saturated heterocycles. The van der Waals surface area contributed by atoms with Crippen LogP contribution < -0.4 is 5.32 Å². The van der Waals surface area contributed by atoms with Crippen molar-refractivity contribution < 1.29 is 13.2 Å². The second-order valence-electron chi connectivity index (χ2n) is 5.68. The Morgan fingerprint density at radius 3 is 2.50 bits per heavy atom. The predicted octanol–water partition coefficient (Wildman–Crippen LogP) is 4.28. The maximum atomic E-state index is 12.4. The van der Waals surface area contributed by atoms with Crippen LogP contribution in [0.25, 0.3) is 0 Å². The lowest BCUT2D eigenvalue weighted by molar-refractivity contribution is -0.113. The van der Waals surface area contributed by atoms with Gasteiger partial charge in [-0.15, -0.1) is 11.8 Å². The first kappa shape index (κ1) is 21.1. The molecule has 2 aromatic rings. The van der Waals surface area contributed by atoms with Crippen LogP contribution in [0, 0.1) is 6.92 Å². The van der Waals surface area contributed by atoms with Gasteiger partial charge in [0.1, 0.15) is 0 Å². The molecular formula is C17H18Cl2N2O3S2. The topological polar surface area (TPSA) is 66.5 Å². The Morgan fingerprint density at radius 2 is 1.85 bits per heavy atom. The second kappa shape index (κ2) is 8.63. The van der Waals surface area contributed by atoms with E-state index in [1.54, 1.807) is 37.3 Å². The van der Waals surface area contributed by atoms with Gasteiger partial charge in [0.25, 0.3) is 0 Å². The number of carbonyl (C=O) groups is 1. The molecule has 0 aromatic heterocycles. The molecule has 0 aliphatic heterocycles. The number of sulfonamides is 1. The largest absolute Gasteiger partial charge is 0.325 e. The van der Waals surface area contributed by atoms with E-state index in [9.17, 15) is 13.2 Å². The molecule has 0 radical (unpaired) electrons. The summed E-state index contributed by atoms with van der Waals surface area (Å²) in [7, 11) is -0.659. The third kappa shape index (κ3) is 5.14. The van der Waals surface area contributed by atoms with E-state index in [-0.39, 0.29) is 16.6 Å². The van der Waals surface area contributed by atoms with Crippen molar-refractivity contribution in [2.75, 3.05) is 25.2 Å². The van der Waals surface area contributed by atoms with Crippen molar-refractivity contribution in [1.29, 1.82) is 0 Å². The molecule has 9 heteroatoms. The number of halogens is 2. The summed E-state index contributed by atoms with van der Waals surface area (Å²) in [6.45, 7) is 1.71. The van der Waals surface area contributed by atoms with Gasteiger partial charge in [-0.05, 0) is 42.8 Å². The fraction of sp³-hybridized carbons (Fsp3) is 0.235.